The fourth-order valence-corrected chi connectivity index (χ4v) is 4.43. The van der Waals surface area contributed by atoms with Gasteiger partial charge < -0.3 is 5.32 Å². The maximum atomic E-state index is 3.68. The lowest BCUT2D eigenvalue weighted by molar-refractivity contribution is 0.603. The molecule has 0 bridgehead atoms. The number of hydrogen-bond donors (Lipinski definition) is 1. The van der Waals surface area contributed by atoms with Crippen LogP contribution in [0.1, 0.15) is 55.5 Å². The quantitative estimate of drug-likeness (QED) is 0.683. The molecule has 0 saturated carbocycles. The Bertz CT molecular complexity index is 551. The van der Waals surface area contributed by atoms with E-state index in [1.165, 1.54) is 19.1 Å². The molecular weight excluding hydrogens is 350 g/mol. The minimum Gasteiger partial charge on any atom is -0.306 e. The fourth-order valence-electron chi connectivity index (χ4n) is 2.06. The molecule has 0 radical (unpaired) electrons. The maximum absolute atomic E-state index is 3.68. The summed E-state index contributed by atoms with van der Waals surface area (Å²) in [4.78, 5) is 2.86. The summed E-state index contributed by atoms with van der Waals surface area (Å²) < 4.78 is 1.20. The molecule has 1 N–H and O–H groups in total. The molecule has 2 rings (SSSR count). The van der Waals surface area contributed by atoms with Gasteiger partial charge in [0.05, 0.1) is 9.83 Å². The zero-order valence-corrected chi connectivity index (χ0v) is 15.7. The van der Waals surface area contributed by atoms with E-state index >= 15 is 0 Å². The molecule has 2 aromatic heterocycles. The fraction of sp³-hybridized carbons (Fsp3) is 0.500. The van der Waals surface area contributed by atoms with E-state index in [9.17, 15) is 0 Å². The van der Waals surface area contributed by atoms with Gasteiger partial charge in [0.2, 0.25) is 0 Å². The minimum atomic E-state index is 0.230. The van der Waals surface area contributed by atoms with E-state index in [1.54, 1.807) is 11.3 Å². The van der Waals surface area contributed by atoms with Gasteiger partial charge in [0, 0.05) is 9.75 Å². The second-order valence-corrected chi connectivity index (χ2v) is 9.43. The van der Waals surface area contributed by atoms with Crippen molar-refractivity contribution in [1.29, 1.82) is 0 Å². The van der Waals surface area contributed by atoms with Crippen LogP contribution >= 0.6 is 38.6 Å². The largest absolute Gasteiger partial charge is 0.306 e. The normalized spacial score (nSPS) is 13.7. The Morgan fingerprint density at radius 2 is 2.05 bits per heavy atom. The third-order valence-corrected chi connectivity index (χ3v) is 6.27. The SMILES string of the molecule is CCCNC(c1csc(Br)c1)c1ccc(C(C)(C)C)s1. The van der Waals surface area contributed by atoms with Gasteiger partial charge in [-0.25, -0.2) is 0 Å². The van der Waals surface area contributed by atoms with Gasteiger partial charge in [-0.2, -0.15) is 0 Å². The average Bonchev–Trinajstić information content (AvgIpc) is 2.99. The molecule has 20 heavy (non-hydrogen) atoms. The van der Waals surface area contributed by atoms with Gasteiger partial charge in [0.1, 0.15) is 0 Å². The number of rotatable bonds is 5. The molecular formula is C16H22BrNS2. The van der Waals surface area contributed by atoms with Gasteiger partial charge in [-0.05, 0) is 63.5 Å². The Morgan fingerprint density at radius 1 is 1.30 bits per heavy atom. The number of hydrogen-bond acceptors (Lipinski definition) is 3. The summed E-state index contributed by atoms with van der Waals surface area (Å²) in [7, 11) is 0. The van der Waals surface area contributed by atoms with Gasteiger partial charge in [-0.3, -0.25) is 0 Å². The van der Waals surface area contributed by atoms with Crippen LogP contribution in [0.25, 0.3) is 0 Å². The number of halogens is 1. The molecule has 0 aliphatic rings. The van der Waals surface area contributed by atoms with Gasteiger partial charge in [-0.1, -0.05) is 27.7 Å². The van der Waals surface area contributed by atoms with Crippen LogP contribution in [0.2, 0.25) is 0 Å². The average molecular weight is 372 g/mol. The standard InChI is InChI=1S/C16H22BrNS2/c1-5-8-18-15(11-9-14(17)19-10-11)12-6-7-13(20-12)16(2,3)4/h6-7,9-10,15,18H,5,8H2,1-4H3. The Balaban J connectivity index is 2.29. The summed E-state index contributed by atoms with van der Waals surface area (Å²) in [5, 5.41) is 5.92. The molecule has 1 unspecified atom stereocenters. The molecule has 110 valence electrons. The van der Waals surface area contributed by atoms with Crippen molar-refractivity contribution < 1.29 is 0 Å². The summed E-state index contributed by atoms with van der Waals surface area (Å²) in [5.41, 5.74) is 1.59. The molecule has 0 spiro atoms. The van der Waals surface area contributed by atoms with Crippen LogP contribution in [0.4, 0.5) is 0 Å². The van der Waals surface area contributed by atoms with Crippen LogP contribution in [-0.2, 0) is 5.41 Å². The Labute approximate surface area is 138 Å². The molecule has 0 aliphatic carbocycles. The summed E-state index contributed by atoms with van der Waals surface area (Å²) >= 11 is 7.26. The highest BCUT2D eigenvalue weighted by atomic mass is 79.9. The van der Waals surface area contributed by atoms with E-state index in [4.69, 9.17) is 0 Å². The van der Waals surface area contributed by atoms with Gasteiger partial charge in [0.15, 0.2) is 0 Å². The lowest BCUT2D eigenvalue weighted by atomic mass is 9.95. The van der Waals surface area contributed by atoms with Crippen molar-refractivity contribution in [3.63, 3.8) is 0 Å². The molecule has 0 aromatic carbocycles. The first-order valence-electron chi connectivity index (χ1n) is 6.99. The number of nitrogens with one attached hydrogen (secondary N) is 1. The summed E-state index contributed by atoms with van der Waals surface area (Å²) in [6.07, 6.45) is 1.15. The van der Waals surface area contributed by atoms with Gasteiger partial charge in [-0.15, -0.1) is 22.7 Å². The predicted octanol–water partition coefficient (Wildman–Crippen LogP) is 5.96. The van der Waals surface area contributed by atoms with Crippen molar-refractivity contribution in [3.05, 3.63) is 42.7 Å². The van der Waals surface area contributed by atoms with E-state index in [1.807, 2.05) is 11.3 Å². The van der Waals surface area contributed by atoms with Crippen LogP contribution in [0, 0.1) is 0 Å². The Kier molecular flexibility index (Phi) is 5.46. The van der Waals surface area contributed by atoms with E-state index < -0.39 is 0 Å². The van der Waals surface area contributed by atoms with Crippen molar-refractivity contribution in [3.8, 4) is 0 Å². The van der Waals surface area contributed by atoms with Crippen molar-refractivity contribution >= 4 is 38.6 Å². The third-order valence-electron chi connectivity index (χ3n) is 3.17. The topological polar surface area (TPSA) is 12.0 Å². The van der Waals surface area contributed by atoms with E-state index in [0.717, 1.165) is 13.0 Å². The highest BCUT2D eigenvalue weighted by Gasteiger charge is 2.21. The summed E-state index contributed by atoms with van der Waals surface area (Å²) in [6.45, 7) is 10.1. The molecule has 2 aromatic rings. The smallest absolute Gasteiger partial charge is 0.0701 e. The van der Waals surface area contributed by atoms with Crippen molar-refractivity contribution in [2.24, 2.45) is 0 Å². The molecule has 2 heterocycles. The van der Waals surface area contributed by atoms with E-state index in [-0.39, 0.29) is 5.41 Å². The Hall–Kier alpha value is -0.160. The first-order chi connectivity index (χ1) is 9.41. The molecule has 0 fully saturated rings. The maximum Gasteiger partial charge on any atom is 0.0701 e. The first kappa shape index (κ1) is 16.2. The summed E-state index contributed by atoms with van der Waals surface area (Å²) in [5.74, 6) is 0. The zero-order chi connectivity index (χ0) is 14.8. The molecule has 0 saturated heterocycles. The van der Waals surface area contributed by atoms with Crippen LogP contribution in [0.5, 0.6) is 0 Å². The lowest BCUT2D eigenvalue weighted by Gasteiger charge is -2.18. The molecule has 0 amide bonds. The first-order valence-corrected chi connectivity index (χ1v) is 9.48. The van der Waals surface area contributed by atoms with E-state index in [2.05, 4.69) is 72.5 Å². The van der Waals surface area contributed by atoms with Crippen molar-refractivity contribution in [2.75, 3.05) is 6.54 Å². The van der Waals surface area contributed by atoms with Crippen molar-refractivity contribution in [2.45, 2.75) is 45.6 Å². The molecule has 1 atom stereocenters. The van der Waals surface area contributed by atoms with Crippen LogP contribution in [-0.4, -0.2) is 6.54 Å². The monoisotopic (exact) mass is 371 g/mol. The van der Waals surface area contributed by atoms with Crippen LogP contribution in [0.3, 0.4) is 0 Å². The van der Waals surface area contributed by atoms with Crippen LogP contribution < -0.4 is 5.32 Å². The molecule has 1 nitrogen and oxygen atoms in total. The second-order valence-electron chi connectivity index (χ2n) is 6.02. The van der Waals surface area contributed by atoms with Crippen molar-refractivity contribution in [1.82, 2.24) is 5.32 Å². The third kappa shape index (κ3) is 3.94. The van der Waals surface area contributed by atoms with E-state index in [0.29, 0.717) is 6.04 Å². The zero-order valence-electron chi connectivity index (χ0n) is 12.5. The van der Waals surface area contributed by atoms with Gasteiger partial charge >= 0.3 is 0 Å². The second kappa shape index (κ2) is 6.73. The molecule has 4 heteroatoms. The lowest BCUT2D eigenvalue weighted by Crippen LogP contribution is -2.21. The minimum absolute atomic E-state index is 0.230. The van der Waals surface area contributed by atoms with Gasteiger partial charge in [0.25, 0.3) is 0 Å². The van der Waals surface area contributed by atoms with Crippen LogP contribution in [0.15, 0.2) is 27.4 Å². The summed E-state index contributed by atoms with van der Waals surface area (Å²) in [6, 6.07) is 7.11. The highest BCUT2D eigenvalue weighted by molar-refractivity contribution is 9.11. The highest BCUT2D eigenvalue weighted by Crippen LogP contribution is 2.36. The number of thiophene rings is 2. The molecule has 0 aliphatic heterocycles. The predicted molar refractivity (Wildman–Crippen MR) is 95.2 cm³/mol. The Morgan fingerprint density at radius 3 is 2.55 bits per heavy atom.